The summed E-state index contributed by atoms with van der Waals surface area (Å²) in [6.45, 7) is 1.87. The van der Waals surface area contributed by atoms with Crippen LogP contribution in [0.5, 0.6) is 11.5 Å². The zero-order valence-corrected chi connectivity index (χ0v) is 22.8. The van der Waals surface area contributed by atoms with Crippen molar-refractivity contribution in [2.24, 2.45) is 0 Å². The molecule has 0 fully saturated rings. The Morgan fingerprint density at radius 2 is 1.67 bits per heavy atom. The number of nitrogens with one attached hydrogen (secondary N) is 1. The van der Waals surface area contributed by atoms with Gasteiger partial charge in [0, 0.05) is 48.2 Å². The lowest BCUT2D eigenvalue weighted by Gasteiger charge is -2.36. The number of nitrogens with zero attached hydrogens (tertiary/aromatic N) is 6. The first-order valence-corrected chi connectivity index (χ1v) is 12.6. The van der Waals surface area contributed by atoms with Crippen LogP contribution in [-0.4, -0.2) is 40.1 Å². The zero-order valence-electron chi connectivity index (χ0n) is 22.8. The number of para-hydroxylation sites is 1. The molecule has 5 rings (SSSR count). The van der Waals surface area contributed by atoms with Crippen LogP contribution in [0.1, 0.15) is 16.7 Å². The number of carbonyl (C=O) groups is 1. The SMILES string of the molecule is COc1cc(OC)cc(N2Cc3cnc(Nc4c(C)cccc4[N+](=O)[O-])nc3N(Cc3ccc([N+](=O)[O-])cc3)C2=O)c1. The van der Waals surface area contributed by atoms with Gasteiger partial charge in [-0.05, 0) is 18.1 Å². The molecule has 1 N–H and O–H groups in total. The average Bonchev–Trinajstić information content (AvgIpc) is 2.99. The second-order valence-electron chi connectivity index (χ2n) is 9.34. The lowest BCUT2D eigenvalue weighted by atomic mass is 10.1. The maximum atomic E-state index is 14.0. The Labute approximate surface area is 239 Å². The molecule has 0 unspecified atom stereocenters. The van der Waals surface area contributed by atoms with Crippen molar-refractivity contribution >= 4 is 40.5 Å². The van der Waals surface area contributed by atoms with Crippen LogP contribution in [0, 0.1) is 27.2 Å². The molecular formula is C28H25N7O7. The number of nitro benzene ring substituents is 2. The highest BCUT2D eigenvalue weighted by atomic mass is 16.6. The monoisotopic (exact) mass is 571 g/mol. The van der Waals surface area contributed by atoms with Gasteiger partial charge in [0.15, 0.2) is 0 Å². The van der Waals surface area contributed by atoms with Gasteiger partial charge in [0.05, 0.1) is 42.8 Å². The van der Waals surface area contributed by atoms with E-state index in [2.05, 4.69) is 15.3 Å². The van der Waals surface area contributed by atoms with Crippen molar-refractivity contribution in [1.82, 2.24) is 9.97 Å². The molecule has 1 aliphatic heterocycles. The number of anilines is 4. The van der Waals surface area contributed by atoms with Gasteiger partial charge in [-0.25, -0.2) is 9.78 Å². The molecule has 0 saturated heterocycles. The standard InChI is InChI=1S/C28H25N7O7/c1-17-5-4-6-24(35(39)40)25(17)30-27-29-14-19-16-32(21-11-22(41-2)13-23(12-21)42-3)28(36)33(26(19)31-27)15-18-7-9-20(10-8-18)34(37)38/h4-14H,15-16H2,1-3H3,(H,29,30,31). The molecule has 1 aliphatic rings. The predicted molar refractivity (Wildman–Crippen MR) is 154 cm³/mol. The molecular weight excluding hydrogens is 546 g/mol. The van der Waals surface area contributed by atoms with E-state index in [9.17, 15) is 25.0 Å². The van der Waals surface area contributed by atoms with Crippen molar-refractivity contribution < 1.29 is 24.1 Å². The summed E-state index contributed by atoms with van der Waals surface area (Å²) >= 11 is 0. The molecule has 0 bridgehead atoms. The number of aromatic nitrogens is 2. The Balaban J connectivity index is 1.57. The number of fused-ring (bicyclic) bond motifs is 1. The average molecular weight is 572 g/mol. The molecule has 0 saturated carbocycles. The van der Waals surface area contributed by atoms with Crippen LogP contribution < -0.4 is 24.6 Å². The second kappa shape index (κ2) is 11.4. The molecule has 14 heteroatoms. The minimum Gasteiger partial charge on any atom is -0.497 e. The highest BCUT2D eigenvalue weighted by Gasteiger charge is 2.34. The van der Waals surface area contributed by atoms with E-state index in [4.69, 9.17) is 9.47 Å². The third kappa shape index (κ3) is 5.45. The van der Waals surface area contributed by atoms with Gasteiger partial charge in [-0.2, -0.15) is 4.98 Å². The molecule has 4 aromatic rings. The lowest BCUT2D eigenvalue weighted by molar-refractivity contribution is -0.384. The van der Waals surface area contributed by atoms with Crippen molar-refractivity contribution in [2.45, 2.75) is 20.0 Å². The van der Waals surface area contributed by atoms with Crippen molar-refractivity contribution in [1.29, 1.82) is 0 Å². The number of nitro groups is 2. The summed E-state index contributed by atoms with van der Waals surface area (Å²) in [5.74, 6) is 1.32. The number of aryl methyl sites for hydroxylation is 1. The van der Waals surface area contributed by atoms with Gasteiger partial charge in [-0.15, -0.1) is 0 Å². The number of hydrogen-bond acceptors (Lipinski definition) is 10. The molecule has 1 aromatic heterocycles. The van der Waals surface area contributed by atoms with Crippen LogP contribution in [0.25, 0.3) is 0 Å². The third-order valence-electron chi connectivity index (χ3n) is 6.71. The molecule has 3 aromatic carbocycles. The Bertz CT molecular complexity index is 1670. The van der Waals surface area contributed by atoms with E-state index in [-0.39, 0.29) is 36.1 Å². The fourth-order valence-corrected chi connectivity index (χ4v) is 4.55. The summed E-state index contributed by atoms with van der Waals surface area (Å²) in [4.78, 5) is 47.7. The minimum atomic E-state index is -0.502. The molecule has 214 valence electrons. The quantitative estimate of drug-likeness (QED) is 0.200. The van der Waals surface area contributed by atoms with E-state index in [0.717, 1.165) is 0 Å². The predicted octanol–water partition coefficient (Wildman–Crippen LogP) is 5.51. The Hall–Kier alpha value is -5.79. The number of ether oxygens (including phenoxy) is 2. The normalized spacial score (nSPS) is 12.5. The summed E-state index contributed by atoms with van der Waals surface area (Å²) in [6, 6.07) is 15.2. The number of rotatable bonds is 9. The van der Waals surface area contributed by atoms with Gasteiger partial charge in [-0.3, -0.25) is 30.0 Å². The van der Waals surface area contributed by atoms with Gasteiger partial charge in [-0.1, -0.05) is 24.3 Å². The molecule has 0 atom stereocenters. The van der Waals surface area contributed by atoms with Crippen molar-refractivity contribution in [3.63, 3.8) is 0 Å². The van der Waals surface area contributed by atoms with Gasteiger partial charge in [0.2, 0.25) is 5.95 Å². The van der Waals surface area contributed by atoms with E-state index < -0.39 is 15.9 Å². The first-order valence-electron chi connectivity index (χ1n) is 12.6. The van der Waals surface area contributed by atoms with Crippen molar-refractivity contribution in [3.8, 4) is 11.5 Å². The van der Waals surface area contributed by atoms with Gasteiger partial charge >= 0.3 is 6.03 Å². The molecule has 0 radical (unpaired) electrons. The maximum Gasteiger partial charge on any atom is 0.330 e. The smallest absolute Gasteiger partial charge is 0.330 e. The molecule has 0 aliphatic carbocycles. The maximum absolute atomic E-state index is 14.0. The molecule has 2 amide bonds. The van der Waals surface area contributed by atoms with Gasteiger partial charge < -0.3 is 14.8 Å². The molecule has 14 nitrogen and oxygen atoms in total. The van der Waals surface area contributed by atoms with E-state index in [1.54, 1.807) is 55.6 Å². The number of methoxy groups -OCH3 is 2. The van der Waals surface area contributed by atoms with E-state index in [0.29, 0.717) is 39.7 Å². The molecule has 0 spiro atoms. The van der Waals surface area contributed by atoms with Gasteiger partial charge in [0.1, 0.15) is 23.0 Å². The number of hydrogen-bond donors (Lipinski definition) is 1. The fraction of sp³-hybridized carbons (Fsp3) is 0.179. The molecule has 2 heterocycles. The third-order valence-corrected chi connectivity index (χ3v) is 6.71. The van der Waals surface area contributed by atoms with E-state index in [1.807, 2.05) is 0 Å². The number of amides is 2. The minimum absolute atomic E-state index is 0.0302. The number of non-ortho nitro benzene ring substituents is 1. The highest BCUT2D eigenvalue weighted by Crippen LogP contribution is 2.37. The number of urea groups is 1. The van der Waals surface area contributed by atoms with Crippen molar-refractivity contribution in [2.75, 3.05) is 29.3 Å². The Morgan fingerprint density at radius 3 is 2.29 bits per heavy atom. The highest BCUT2D eigenvalue weighted by molar-refractivity contribution is 6.05. The summed E-state index contributed by atoms with van der Waals surface area (Å²) in [6.07, 6.45) is 1.55. The Kier molecular flexibility index (Phi) is 7.51. The van der Waals surface area contributed by atoms with Crippen LogP contribution in [0.15, 0.2) is 66.9 Å². The van der Waals surface area contributed by atoms with Gasteiger partial charge in [0.25, 0.3) is 11.4 Å². The summed E-state index contributed by atoms with van der Waals surface area (Å²) in [7, 11) is 3.02. The second-order valence-corrected chi connectivity index (χ2v) is 9.34. The first-order chi connectivity index (χ1) is 20.2. The first kappa shape index (κ1) is 27.8. The van der Waals surface area contributed by atoms with E-state index in [1.165, 1.54) is 42.2 Å². The van der Waals surface area contributed by atoms with Crippen LogP contribution in [0.2, 0.25) is 0 Å². The number of carbonyl (C=O) groups excluding carboxylic acids is 1. The summed E-state index contributed by atoms with van der Waals surface area (Å²) in [5.41, 5.74) is 2.35. The summed E-state index contributed by atoms with van der Waals surface area (Å²) in [5, 5.41) is 25.7. The Morgan fingerprint density at radius 1 is 0.976 bits per heavy atom. The van der Waals surface area contributed by atoms with Crippen LogP contribution in [0.3, 0.4) is 0 Å². The zero-order chi connectivity index (χ0) is 30.0. The van der Waals surface area contributed by atoms with Crippen molar-refractivity contribution in [3.05, 3.63) is 104 Å². The van der Waals surface area contributed by atoms with E-state index >= 15 is 0 Å². The summed E-state index contributed by atoms with van der Waals surface area (Å²) < 4.78 is 10.8. The number of benzene rings is 3. The van der Waals surface area contributed by atoms with Crippen LogP contribution in [0.4, 0.5) is 39.3 Å². The topological polar surface area (TPSA) is 166 Å². The fourth-order valence-electron chi connectivity index (χ4n) is 4.55. The molecule has 42 heavy (non-hydrogen) atoms. The van der Waals surface area contributed by atoms with Crippen LogP contribution in [-0.2, 0) is 13.1 Å². The largest absolute Gasteiger partial charge is 0.497 e. The van der Waals surface area contributed by atoms with Crippen LogP contribution >= 0.6 is 0 Å². The lowest BCUT2D eigenvalue weighted by Crippen LogP contribution is -2.47.